The zero-order valence-electron chi connectivity index (χ0n) is 15.4. The lowest BCUT2D eigenvalue weighted by Gasteiger charge is -2.36. The lowest BCUT2D eigenvalue weighted by molar-refractivity contribution is 0.164. The van der Waals surface area contributed by atoms with Gasteiger partial charge in [0.1, 0.15) is 0 Å². The standard InChI is InChI=1S/C19H29N3O3S/c1-16-6-5-9-18(14-16)20-19(23)21-10-12-22(13-11-21)26(24,25)15-17-7-3-2-4-8-17/h2-4,7-8,16,18H,5-6,9-15H2,1H3,(H,20,23). The second-order valence-electron chi connectivity index (χ2n) is 7.55. The summed E-state index contributed by atoms with van der Waals surface area (Å²) in [4.78, 5) is 14.2. The van der Waals surface area contributed by atoms with Crippen molar-refractivity contribution >= 4 is 16.1 Å². The van der Waals surface area contributed by atoms with Crippen LogP contribution < -0.4 is 5.32 Å². The first kappa shape index (κ1) is 19.2. The monoisotopic (exact) mass is 379 g/mol. The third-order valence-corrected chi connectivity index (χ3v) is 7.23. The lowest BCUT2D eigenvalue weighted by atomic mass is 9.87. The quantitative estimate of drug-likeness (QED) is 0.873. The van der Waals surface area contributed by atoms with E-state index in [9.17, 15) is 13.2 Å². The summed E-state index contributed by atoms with van der Waals surface area (Å²) in [5.41, 5.74) is 0.791. The molecule has 1 saturated carbocycles. The van der Waals surface area contributed by atoms with Gasteiger partial charge in [-0.25, -0.2) is 13.2 Å². The molecule has 1 N–H and O–H groups in total. The third kappa shape index (κ3) is 4.98. The Hall–Kier alpha value is -1.60. The number of hydrogen-bond acceptors (Lipinski definition) is 3. The number of hydrogen-bond donors (Lipinski definition) is 1. The SMILES string of the molecule is CC1CCCC(NC(=O)N2CCN(S(=O)(=O)Cc3ccccc3)CC2)C1. The van der Waals surface area contributed by atoms with Crippen molar-refractivity contribution in [3.8, 4) is 0 Å². The van der Waals surface area contributed by atoms with E-state index >= 15 is 0 Å². The number of carbonyl (C=O) groups excluding carboxylic acids is 1. The Bertz CT molecular complexity index is 700. The van der Waals surface area contributed by atoms with E-state index in [1.54, 1.807) is 4.90 Å². The van der Waals surface area contributed by atoms with Gasteiger partial charge in [-0.1, -0.05) is 50.1 Å². The number of benzene rings is 1. The van der Waals surface area contributed by atoms with Crippen LogP contribution in [-0.4, -0.2) is 55.9 Å². The topological polar surface area (TPSA) is 69.7 Å². The molecule has 1 heterocycles. The Kier molecular flexibility index (Phi) is 6.19. The highest BCUT2D eigenvalue weighted by Gasteiger charge is 2.30. The van der Waals surface area contributed by atoms with Crippen molar-refractivity contribution < 1.29 is 13.2 Å². The average molecular weight is 380 g/mol. The number of nitrogens with zero attached hydrogens (tertiary/aromatic N) is 2. The van der Waals surface area contributed by atoms with Crippen LogP contribution in [0.4, 0.5) is 4.79 Å². The average Bonchev–Trinajstić information content (AvgIpc) is 2.62. The highest BCUT2D eigenvalue weighted by atomic mass is 32.2. The number of piperazine rings is 1. The molecule has 0 aromatic heterocycles. The number of rotatable bonds is 4. The fourth-order valence-corrected chi connectivity index (χ4v) is 5.39. The highest BCUT2D eigenvalue weighted by Crippen LogP contribution is 2.23. The molecule has 2 amide bonds. The Balaban J connectivity index is 1.49. The summed E-state index contributed by atoms with van der Waals surface area (Å²) in [5.74, 6) is 0.675. The Morgan fingerprint density at radius 1 is 1.12 bits per heavy atom. The van der Waals surface area contributed by atoms with Gasteiger partial charge in [-0.3, -0.25) is 0 Å². The molecular formula is C19H29N3O3S. The number of amides is 2. The molecule has 2 atom stereocenters. The van der Waals surface area contributed by atoms with Crippen LogP contribution in [0.5, 0.6) is 0 Å². The van der Waals surface area contributed by atoms with Gasteiger partial charge in [0.05, 0.1) is 5.75 Å². The first-order chi connectivity index (χ1) is 12.4. The van der Waals surface area contributed by atoms with Gasteiger partial charge < -0.3 is 10.2 Å². The molecule has 0 radical (unpaired) electrons. The summed E-state index contributed by atoms with van der Waals surface area (Å²) in [6.07, 6.45) is 4.49. The zero-order chi connectivity index (χ0) is 18.6. The van der Waals surface area contributed by atoms with Gasteiger partial charge in [-0.05, 0) is 24.3 Å². The van der Waals surface area contributed by atoms with E-state index in [-0.39, 0.29) is 17.8 Å². The molecule has 6 nitrogen and oxygen atoms in total. The van der Waals surface area contributed by atoms with Crippen LogP contribution in [0.1, 0.15) is 38.2 Å². The van der Waals surface area contributed by atoms with Crippen LogP contribution in [0, 0.1) is 5.92 Å². The predicted molar refractivity (Wildman–Crippen MR) is 102 cm³/mol. The largest absolute Gasteiger partial charge is 0.335 e. The molecule has 1 aliphatic carbocycles. The van der Waals surface area contributed by atoms with E-state index in [2.05, 4.69) is 12.2 Å². The van der Waals surface area contributed by atoms with Crippen LogP contribution in [0.3, 0.4) is 0 Å². The fourth-order valence-electron chi connectivity index (χ4n) is 3.88. The smallest absolute Gasteiger partial charge is 0.317 e. The molecule has 0 spiro atoms. The predicted octanol–water partition coefficient (Wildman–Crippen LogP) is 2.42. The van der Waals surface area contributed by atoms with Crippen molar-refractivity contribution in [1.82, 2.24) is 14.5 Å². The summed E-state index contributed by atoms with van der Waals surface area (Å²) < 4.78 is 26.7. The summed E-state index contributed by atoms with van der Waals surface area (Å²) in [5, 5.41) is 3.13. The van der Waals surface area contributed by atoms with Crippen LogP contribution >= 0.6 is 0 Å². The van der Waals surface area contributed by atoms with E-state index in [4.69, 9.17) is 0 Å². The highest BCUT2D eigenvalue weighted by molar-refractivity contribution is 7.88. The van der Waals surface area contributed by atoms with Crippen molar-refractivity contribution in [3.05, 3.63) is 35.9 Å². The lowest BCUT2D eigenvalue weighted by Crippen LogP contribution is -2.55. The van der Waals surface area contributed by atoms with Crippen molar-refractivity contribution in [2.75, 3.05) is 26.2 Å². The molecule has 1 aromatic rings. The van der Waals surface area contributed by atoms with Crippen LogP contribution in [0.15, 0.2) is 30.3 Å². The maximum atomic E-state index is 12.6. The van der Waals surface area contributed by atoms with Gasteiger partial charge in [-0.2, -0.15) is 4.31 Å². The molecule has 0 bridgehead atoms. The van der Waals surface area contributed by atoms with E-state index in [1.807, 2.05) is 30.3 Å². The van der Waals surface area contributed by atoms with Crippen molar-refractivity contribution in [2.24, 2.45) is 5.92 Å². The molecule has 2 aliphatic rings. The molecule has 1 saturated heterocycles. The molecule has 2 unspecified atom stereocenters. The Labute approximate surface area is 156 Å². The summed E-state index contributed by atoms with van der Waals surface area (Å²) >= 11 is 0. The molecule has 2 fully saturated rings. The van der Waals surface area contributed by atoms with Gasteiger partial charge in [0.2, 0.25) is 10.0 Å². The maximum Gasteiger partial charge on any atom is 0.317 e. The molecular weight excluding hydrogens is 350 g/mol. The maximum absolute atomic E-state index is 12.6. The second-order valence-corrected chi connectivity index (χ2v) is 9.52. The molecule has 3 rings (SSSR count). The molecule has 1 aliphatic heterocycles. The minimum Gasteiger partial charge on any atom is -0.335 e. The summed E-state index contributed by atoms with van der Waals surface area (Å²) in [6.45, 7) is 3.85. The fraction of sp³-hybridized carbons (Fsp3) is 0.632. The second kappa shape index (κ2) is 8.39. The van der Waals surface area contributed by atoms with E-state index in [1.165, 1.54) is 10.7 Å². The van der Waals surface area contributed by atoms with Gasteiger partial charge >= 0.3 is 6.03 Å². The molecule has 144 valence electrons. The van der Waals surface area contributed by atoms with E-state index < -0.39 is 10.0 Å². The van der Waals surface area contributed by atoms with E-state index in [0.29, 0.717) is 32.1 Å². The summed E-state index contributed by atoms with van der Waals surface area (Å²) in [6, 6.07) is 9.42. The summed E-state index contributed by atoms with van der Waals surface area (Å²) in [7, 11) is -3.35. The third-order valence-electron chi connectivity index (χ3n) is 5.38. The minimum atomic E-state index is -3.35. The van der Waals surface area contributed by atoms with E-state index in [0.717, 1.165) is 24.8 Å². The van der Waals surface area contributed by atoms with Gasteiger partial charge in [-0.15, -0.1) is 0 Å². The van der Waals surface area contributed by atoms with Crippen LogP contribution in [0.25, 0.3) is 0 Å². The molecule has 1 aromatic carbocycles. The normalized spacial score (nSPS) is 25.0. The van der Waals surface area contributed by atoms with Crippen LogP contribution in [-0.2, 0) is 15.8 Å². The number of carbonyl (C=O) groups is 1. The molecule has 7 heteroatoms. The van der Waals surface area contributed by atoms with Gasteiger partial charge in [0.25, 0.3) is 0 Å². The van der Waals surface area contributed by atoms with Crippen molar-refractivity contribution in [1.29, 1.82) is 0 Å². The number of nitrogens with one attached hydrogen (secondary N) is 1. The van der Waals surface area contributed by atoms with Gasteiger partial charge in [0.15, 0.2) is 0 Å². The number of sulfonamides is 1. The number of urea groups is 1. The zero-order valence-corrected chi connectivity index (χ0v) is 16.2. The minimum absolute atomic E-state index is 0.0139. The van der Waals surface area contributed by atoms with Gasteiger partial charge in [0, 0.05) is 32.2 Å². The van der Waals surface area contributed by atoms with Crippen molar-refractivity contribution in [2.45, 2.75) is 44.4 Å². The first-order valence-corrected chi connectivity index (χ1v) is 11.1. The first-order valence-electron chi connectivity index (χ1n) is 9.51. The Morgan fingerprint density at radius 2 is 1.81 bits per heavy atom. The van der Waals surface area contributed by atoms with Crippen molar-refractivity contribution in [3.63, 3.8) is 0 Å². The Morgan fingerprint density at radius 3 is 2.46 bits per heavy atom. The van der Waals surface area contributed by atoms with Crippen LogP contribution in [0.2, 0.25) is 0 Å². The molecule has 26 heavy (non-hydrogen) atoms.